The number of hydrogen-bond acceptors (Lipinski definition) is 4. The minimum Gasteiger partial charge on any atom is -0.336 e. The number of carbonyl (C=O) groups excluding carboxylic acids is 2. The molecule has 1 aromatic carbocycles. The third-order valence-corrected chi connectivity index (χ3v) is 4.04. The Labute approximate surface area is 146 Å². The largest absolute Gasteiger partial charge is 0.336 e. The van der Waals surface area contributed by atoms with E-state index >= 15 is 0 Å². The minimum atomic E-state index is -0.165. The van der Waals surface area contributed by atoms with E-state index in [2.05, 4.69) is 10.1 Å². The molecule has 1 aromatic heterocycles. The van der Waals surface area contributed by atoms with Gasteiger partial charge in [0.15, 0.2) is 0 Å². The highest BCUT2D eigenvalue weighted by molar-refractivity contribution is 6.40. The van der Waals surface area contributed by atoms with Crippen LogP contribution >= 0.6 is 0 Å². The van der Waals surface area contributed by atoms with Crippen LogP contribution in [-0.2, 0) is 16.1 Å². The molecule has 0 unspecified atom stereocenters. The zero-order valence-electron chi connectivity index (χ0n) is 14.3. The standard InChI is InChI=1S/C19H20N4O2/c1-14-4-3-5-16(12-14)23-18(24)7-6-17(21-23)19(25)22(2)13-15-8-10-20-11-9-15/h3-5,8-12H,6-7,13H2,1-2H3. The lowest BCUT2D eigenvalue weighted by atomic mass is 10.1. The molecule has 0 spiro atoms. The number of hydrazone groups is 1. The maximum absolute atomic E-state index is 12.7. The van der Waals surface area contributed by atoms with Gasteiger partial charge in [-0.25, -0.2) is 5.01 Å². The molecule has 2 amide bonds. The molecule has 25 heavy (non-hydrogen) atoms. The van der Waals surface area contributed by atoms with Crippen LogP contribution in [0.2, 0.25) is 0 Å². The van der Waals surface area contributed by atoms with E-state index in [1.54, 1.807) is 24.3 Å². The molecule has 2 aromatic rings. The van der Waals surface area contributed by atoms with Crippen LogP contribution in [0.4, 0.5) is 5.69 Å². The molecule has 0 bridgehead atoms. The first-order valence-corrected chi connectivity index (χ1v) is 8.16. The first-order valence-electron chi connectivity index (χ1n) is 8.16. The Morgan fingerprint density at radius 2 is 1.96 bits per heavy atom. The van der Waals surface area contributed by atoms with Crippen molar-refractivity contribution in [2.75, 3.05) is 12.1 Å². The molecule has 6 heteroatoms. The Morgan fingerprint density at radius 1 is 1.20 bits per heavy atom. The van der Waals surface area contributed by atoms with Gasteiger partial charge in [-0.3, -0.25) is 14.6 Å². The summed E-state index contributed by atoms with van der Waals surface area (Å²) in [7, 11) is 1.73. The third-order valence-electron chi connectivity index (χ3n) is 4.04. The quantitative estimate of drug-likeness (QED) is 0.862. The van der Waals surface area contributed by atoms with Crippen molar-refractivity contribution >= 4 is 23.2 Å². The van der Waals surface area contributed by atoms with Gasteiger partial charge in [0.25, 0.3) is 5.91 Å². The van der Waals surface area contributed by atoms with Crippen molar-refractivity contribution in [2.24, 2.45) is 5.10 Å². The minimum absolute atomic E-state index is 0.0982. The smallest absolute Gasteiger partial charge is 0.270 e. The van der Waals surface area contributed by atoms with Crippen molar-refractivity contribution in [3.05, 3.63) is 59.9 Å². The lowest BCUT2D eigenvalue weighted by Gasteiger charge is -2.25. The number of benzene rings is 1. The number of carbonyl (C=O) groups is 2. The van der Waals surface area contributed by atoms with Gasteiger partial charge in [-0.05, 0) is 42.3 Å². The van der Waals surface area contributed by atoms with Gasteiger partial charge in [0, 0.05) is 38.8 Å². The van der Waals surface area contributed by atoms with Crippen LogP contribution in [-0.4, -0.2) is 34.5 Å². The number of pyridine rings is 1. The number of aromatic nitrogens is 1. The van der Waals surface area contributed by atoms with Gasteiger partial charge in [0.05, 0.1) is 5.69 Å². The molecule has 1 aliphatic heterocycles. The summed E-state index contributed by atoms with van der Waals surface area (Å²) < 4.78 is 0. The fourth-order valence-electron chi connectivity index (χ4n) is 2.72. The summed E-state index contributed by atoms with van der Waals surface area (Å²) in [5.41, 5.74) is 3.12. The van der Waals surface area contributed by atoms with Crippen molar-refractivity contribution in [2.45, 2.75) is 26.3 Å². The highest BCUT2D eigenvalue weighted by atomic mass is 16.2. The van der Waals surface area contributed by atoms with E-state index in [4.69, 9.17) is 0 Å². The van der Waals surface area contributed by atoms with E-state index < -0.39 is 0 Å². The number of rotatable bonds is 4. The zero-order valence-corrected chi connectivity index (χ0v) is 14.3. The molecule has 6 nitrogen and oxygen atoms in total. The zero-order chi connectivity index (χ0) is 17.8. The Hall–Kier alpha value is -3.02. The predicted octanol–water partition coefficient (Wildman–Crippen LogP) is 2.53. The molecule has 0 fully saturated rings. The summed E-state index contributed by atoms with van der Waals surface area (Å²) >= 11 is 0. The van der Waals surface area contributed by atoms with Crippen molar-refractivity contribution in [1.29, 1.82) is 0 Å². The number of nitrogens with zero attached hydrogens (tertiary/aromatic N) is 4. The summed E-state index contributed by atoms with van der Waals surface area (Å²) in [6.07, 6.45) is 4.04. The van der Waals surface area contributed by atoms with E-state index in [1.807, 2.05) is 43.3 Å². The average Bonchev–Trinajstić information content (AvgIpc) is 2.62. The van der Waals surface area contributed by atoms with Gasteiger partial charge in [0.2, 0.25) is 5.91 Å². The second-order valence-corrected chi connectivity index (χ2v) is 6.11. The lowest BCUT2D eigenvalue weighted by Crippen LogP contribution is -2.39. The van der Waals surface area contributed by atoms with Gasteiger partial charge in [-0.2, -0.15) is 5.10 Å². The molecule has 2 heterocycles. The molecular formula is C19H20N4O2. The summed E-state index contributed by atoms with van der Waals surface area (Å²) in [5.74, 6) is -0.263. The molecule has 128 valence electrons. The maximum atomic E-state index is 12.7. The van der Waals surface area contributed by atoms with E-state index in [-0.39, 0.29) is 18.2 Å². The van der Waals surface area contributed by atoms with Crippen LogP contribution < -0.4 is 5.01 Å². The topological polar surface area (TPSA) is 65.9 Å². The van der Waals surface area contributed by atoms with Crippen molar-refractivity contribution < 1.29 is 9.59 Å². The molecule has 0 atom stereocenters. The normalized spacial score (nSPS) is 14.2. The molecule has 1 aliphatic rings. The van der Waals surface area contributed by atoms with Crippen LogP contribution in [0.5, 0.6) is 0 Å². The van der Waals surface area contributed by atoms with Gasteiger partial charge >= 0.3 is 0 Å². The molecule has 0 saturated carbocycles. The van der Waals surface area contributed by atoms with Crippen LogP contribution in [0.15, 0.2) is 53.9 Å². The Kier molecular flexibility index (Phi) is 4.88. The van der Waals surface area contributed by atoms with E-state index in [0.29, 0.717) is 24.4 Å². The molecule has 0 radical (unpaired) electrons. The fourth-order valence-corrected chi connectivity index (χ4v) is 2.72. The van der Waals surface area contributed by atoms with Crippen LogP contribution in [0, 0.1) is 6.92 Å². The number of hydrogen-bond donors (Lipinski definition) is 0. The highest BCUT2D eigenvalue weighted by Crippen LogP contribution is 2.21. The maximum Gasteiger partial charge on any atom is 0.270 e. The second-order valence-electron chi connectivity index (χ2n) is 6.11. The van der Waals surface area contributed by atoms with E-state index in [9.17, 15) is 9.59 Å². The molecule has 0 saturated heterocycles. The average molecular weight is 336 g/mol. The van der Waals surface area contributed by atoms with Crippen LogP contribution in [0.25, 0.3) is 0 Å². The predicted molar refractivity (Wildman–Crippen MR) is 96.0 cm³/mol. The number of anilines is 1. The van der Waals surface area contributed by atoms with Crippen LogP contribution in [0.1, 0.15) is 24.0 Å². The van der Waals surface area contributed by atoms with Gasteiger partial charge in [0.1, 0.15) is 5.71 Å². The number of amides is 2. The Morgan fingerprint density at radius 3 is 2.68 bits per heavy atom. The molecule has 3 rings (SSSR count). The monoisotopic (exact) mass is 336 g/mol. The molecule has 0 N–H and O–H groups in total. The van der Waals surface area contributed by atoms with Crippen LogP contribution in [0.3, 0.4) is 0 Å². The molecular weight excluding hydrogens is 316 g/mol. The summed E-state index contributed by atoms with van der Waals surface area (Å²) in [5, 5.41) is 5.67. The van der Waals surface area contributed by atoms with Gasteiger partial charge in [-0.15, -0.1) is 0 Å². The van der Waals surface area contributed by atoms with E-state index in [0.717, 1.165) is 11.1 Å². The molecule has 0 aliphatic carbocycles. The second kappa shape index (κ2) is 7.25. The van der Waals surface area contributed by atoms with Gasteiger partial charge < -0.3 is 4.90 Å². The van der Waals surface area contributed by atoms with Crippen molar-refractivity contribution in [1.82, 2.24) is 9.88 Å². The highest BCUT2D eigenvalue weighted by Gasteiger charge is 2.27. The Bertz CT molecular complexity index is 817. The fraction of sp³-hybridized carbons (Fsp3) is 0.263. The summed E-state index contributed by atoms with van der Waals surface area (Å²) in [6.45, 7) is 2.43. The lowest BCUT2D eigenvalue weighted by molar-refractivity contribution is -0.123. The number of aryl methyl sites for hydroxylation is 1. The van der Waals surface area contributed by atoms with E-state index in [1.165, 1.54) is 5.01 Å². The van der Waals surface area contributed by atoms with Crippen molar-refractivity contribution in [3.63, 3.8) is 0 Å². The summed E-state index contributed by atoms with van der Waals surface area (Å²) in [4.78, 5) is 30.5. The first kappa shape index (κ1) is 16.8. The SMILES string of the molecule is Cc1cccc(N2N=C(C(=O)N(C)Cc3ccncc3)CCC2=O)c1. The summed E-state index contributed by atoms with van der Waals surface area (Å²) in [6, 6.07) is 11.3. The Balaban J connectivity index is 1.79. The van der Waals surface area contributed by atoms with Gasteiger partial charge in [-0.1, -0.05) is 12.1 Å². The third kappa shape index (κ3) is 3.91. The first-order chi connectivity index (χ1) is 12.0. The van der Waals surface area contributed by atoms with Crippen molar-refractivity contribution in [3.8, 4) is 0 Å².